The highest BCUT2D eigenvalue weighted by Gasteiger charge is 2.31. The molecule has 3 aromatic rings. The van der Waals surface area contributed by atoms with Crippen LogP contribution in [0.5, 0.6) is 5.75 Å². The Morgan fingerprint density at radius 2 is 1.86 bits per heavy atom. The molecule has 0 saturated heterocycles. The molecular formula is C17H9ClF5N3O2. The van der Waals surface area contributed by atoms with Crippen LogP contribution in [-0.4, -0.2) is 22.1 Å². The van der Waals surface area contributed by atoms with Crippen molar-refractivity contribution in [3.05, 3.63) is 71.0 Å². The number of halogens is 6. The molecule has 1 heterocycles. The van der Waals surface area contributed by atoms with E-state index in [9.17, 15) is 26.7 Å². The van der Waals surface area contributed by atoms with Gasteiger partial charge in [-0.25, -0.2) is 13.5 Å². The predicted molar refractivity (Wildman–Crippen MR) is 89.6 cm³/mol. The van der Waals surface area contributed by atoms with Gasteiger partial charge in [0.1, 0.15) is 17.3 Å². The number of rotatable bonds is 4. The van der Waals surface area contributed by atoms with Gasteiger partial charge in [0.2, 0.25) is 0 Å². The van der Waals surface area contributed by atoms with Crippen LogP contribution in [0, 0.1) is 11.6 Å². The van der Waals surface area contributed by atoms with Crippen LogP contribution in [-0.2, 0) is 0 Å². The third-order valence-corrected chi connectivity index (χ3v) is 3.71. The number of amides is 1. The van der Waals surface area contributed by atoms with Crippen molar-refractivity contribution in [3.63, 3.8) is 0 Å². The maximum atomic E-state index is 13.8. The second kappa shape index (κ2) is 7.47. The Morgan fingerprint density at radius 1 is 1.11 bits per heavy atom. The fourth-order valence-corrected chi connectivity index (χ4v) is 2.44. The number of aromatic nitrogens is 2. The van der Waals surface area contributed by atoms with Crippen molar-refractivity contribution < 1.29 is 31.5 Å². The molecule has 0 aliphatic carbocycles. The van der Waals surface area contributed by atoms with Gasteiger partial charge in [-0.3, -0.25) is 4.79 Å². The Labute approximate surface area is 159 Å². The maximum absolute atomic E-state index is 13.8. The summed E-state index contributed by atoms with van der Waals surface area (Å²) in [4.78, 5) is 12.3. The summed E-state index contributed by atoms with van der Waals surface area (Å²) < 4.78 is 68.1. The highest BCUT2D eigenvalue weighted by Crippen LogP contribution is 2.30. The average Bonchev–Trinajstić information content (AvgIpc) is 3.05. The van der Waals surface area contributed by atoms with Gasteiger partial charge < -0.3 is 10.1 Å². The van der Waals surface area contributed by atoms with E-state index >= 15 is 0 Å². The van der Waals surface area contributed by atoms with Gasteiger partial charge in [-0.05, 0) is 30.3 Å². The number of carbonyl (C=O) groups is 1. The third kappa shape index (κ3) is 4.58. The molecule has 0 unspecified atom stereocenters. The van der Waals surface area contributed by atoms with E-state index in [1.807, 2.05) is 0 Å². The van der Waals surface area contributed by atoms with Gasteiger partial charge in [0.05, 0.1) is 10.7 Å². The van der Waals surface area contributed by atoms with Crippen molar-refractivity contribution in [3.8, 4) is 11.4 Å². The summed E-state index contributed by atoms with van der Waals surface area (Å²) in [6.07, 6.45) is -3.59. The molecule has 0 radical (unpaired) electrons. The summed E-state index contributed by atoms with van der Waals surface area (Å²) in [5, 5.41) is 6.06. The quantitative estimate of drug-likeness (QED) is 0.611. The van der Waals surface area contributed by atoms with Gasteiger partial charge in [0.25, 0.3) is 5.91 Å². The van der Waals surface area contributed by atoms with Crippen LogP contribution in [0.4, 0.5) is 27.6 Å². The summed E-state index contributed by atoms with van der Waals surface area (Å²) >= 11 is 5.85. The lowest BCUT2D eigenvalue weighted by molar-refractivity contribution is -0.274. The number of nitrogens with zero attached hydrogens (tertiary/aromatic N) is 2. The van der Waals surface area contributed by atoms with Gasteiger partial charge in [0.15, 0.2) is 11.5 Å². The van der Waals surface area contributed by atoms with Crippen LogP contribution in [0.3, 0.4) is 0 Å². The van der Waals surface area contributed by atoms with E-state index in [1.54, 1.807) is 0 Å². The van der Waals surface area contributed by atoms with Crippen molar-refractivity contribution in [1.29, 1.82) is 0 Å². The normalized spacial score (nSPS) is 11.4. The summed E-state index contributed by atoms with van der Waals surface area (Å²) in [5.74, 6) is -2.93. The standard InChI is InChI=1S/C17H9ClF5N3O2/c18-11-8-10(28-17(21,22)23)2-3-13(11)24-16(27)14-5-6-26(25-14)15-4-1-9(19)7-12(15)20/h1-8H,(H,24,27). The first-order chi connectivity index (χ1) is 13.1. The lowest BCUT2D eigenvalue weighted by atomic mass is 10.3. The highest BCUT2D eigenvalue weighted by molar-refractivity contribution is 6.34. The zero-order chi connectivity index (χ0) is 20.5. The third-order valence-electron chi connectivity index (χ3n) is 3.40. The van der Waals surface area contributed by atoms with Gasteiger partial charge in [-0.1, -0.05) is 11.6 Å². The lowest BCUT2D eigenvalue weighted by Crippen LogP contribution is -2.17. The van der Waals surface area contributed by atoms with Gasteiger partial charge in [0, 0.05) is 18.3 Å². The molecule has 0 atom stereocenters. The van der Waals surface area contributed by atoms with E-state index in [0.29, 0.717) is 6.07 Å². The van der Waals surface area contributed by atoms with E-state index in [-0.39, 0.29) is 22.1 Å². The predicted octanol–water partition coefficient (Wildman–Crippen LogP) is 4.95. The smallest absolute Gasteiger partial charge is 0.406 e. The molecule has 1 amide bonds. The Morgan fingerprint density at radius 3 is 2.50 bits per heavy atom. The van der Waals surface area contributed by atoms with Crippen LogP contribution in [0.1, 0.15) is 10.5 Å². The SMILES string of the molecule is O=C(Nc1ccc(OC(F)(F)F)cc1Cl)c1ccn(-c2ccc(F)cc2F)n1. The molecule has 1 N–H and O–H groups in total. The molecule has 146 valence electrons. The number of alkyl halides is 3. The van der Waals surface area contributed by atoms with E-state index < -0.39 is 29.7 Å². The van der Waals surface area contributed by atoms with Crippen LogP contribution in [0.25, 0.3) is 5.69 Å². The Kier molecular flexibility index (Phi) is 5.23. The molecule has 0 fully saturated rings. The Hall–Kier alpha value is -3.14. The first kappa shape index (κ1) is 19.6. The summed E-state index contributed by atoms with van der Waals surface area (Å²) in [7, 11) is 0. The van der Waals surface area contributed by atoms with E-state index in [2.05, 4.69) is 15.2 Å². The maximum Gasteiger partial charge on any atom is 0.573 e. The number of ether oxygens (including phenoxy) is 1. The van der Waals surface area contributed by atoms with E-state index in [4.69, 9.17) is 11.6 Å². The number of anilines is 1. The average molecular weight is 418 g/mol. The first-order valence-corrected chi connectivity index (χ1v) is 7.88. The first-order valence-electron chi connectivity index (χ1n) is 7.50. The molecule has 1 aromatic heterocycles. The minimum absolute atomic E-state index is 0.0173. The molecule has 0 aliphatic rings. The summed E-state index contributed by atoms with van der Waals surface area (Å²) in [6.45, 7) is 0. The molecule has 0 bridgehead atoms. The zero-order valence-electron chi connectivity index (χ0n) is 13.6. The molecule has 0 aliphatic heterocycles. The van der Waals surface area contributed by atoms with Crippen molar-refractivity contribution in [2.75, 3.05) is 5.32 Å². The molecule has 11 heteroatoms. The van der Waals surface area contributed by atoms with Crippen molar-refractivity contribution in [2.45, 2.75) is 6.36 Å². The Balaban J connectivity index is 1.76. The molecular weight excluding hydrogens is 409 g/mol. The number of benzene rings is 2. The molecule has 2 aromatic carbocycles. The molecule has 28 heavy (non-hydrogen) atoms. The second-order valence-corrected chi connectivity index (χ2v) is 5.79. The number of carbonyl (C=O) groups excluding carboxylic acids is 1. The number of hydrogen-bond acceptors (Lipinski definition) is 3. The minimum Gasteiger partial charge on any atom is -0.406 e. The summed E-state index contributed by atoms with van der Waals surface area (Å²) in [6, 6.07) is 7.10. The minimum atomic E-state index is -4.88. The van der Waals surface area contributed by atoms with Crippen molar-refractivity contribution in [2.24, 2.45) is 0 Å². The monoisotopic (exact) mass is 417 g/mol. The molecule has 3 rings (SSSR count). The van der Waals surface area contributed by atoms with Crippen LogP contribution >= 0.6 is 11.6 Å². The molecule has 5 nitrogen and oxygen atoms in total. The fourth-order valence-electron chi connectivity index (χ4n) is 2.23. The van der Waals surface area contributed by atoms with E-state index in [1.165, 1.54) is 12.3 Å². The fraction of sp³-hybridized carbons (Fsp3) is 0.0588. The van der Waals surface area contributed by atoms with Gasteiger partial charge in [-0.2, -0.15) is 5.10 Å². The van der Waals surface area contributed by atoms with E-state index in [0.717, 1.165) is 35.0 Å². The van der Waals surface area contributed by atoms with Gasteiger partial charge in [-0.15, -0.1) is 13.2 Å². The van der Waals surface area contributed by atoms with Crippen molar-refractivity contribution in [1.82, 2.24) is 9.78 Å². The molecule has 0 saturated carbocycles. The Bertz CT molecular complexity index is 1040. The largest absolute Gasteiger partial charge is 0.573 e. The lowest BCUT2D eigenvalue weighted by Gasteiger charge is -2.11. The van der Waals surface area contributed by atoms with Crippen molar-refractivity contribution >= 4 is 23.2 Å². The zero-order valence-corrected chi connectivity index (χ0v) is 14.4. The second-order valence-electron chi connectivity index (χ2n) is 5.38. The summed E-state index contributed by atoms with van der Waals surface area (Å²) in [5.41, 5.74) is -0.189. The van der Waals surface area contributed by atoms with Crippen LogP contribution in [0.15, 0.2) is 48.7 Å². The number of hydrogen-bond donors (Lipinski definition) is 1. The van der Waals surface area contributed by atoms with Crippen LogP contribution < -0.4 is 10.1 Å². The molecule has 0 spiro atoms. The van der Waals surface area contributed by atoms with Gasteiger partial charge >= 0.3 is 6.36 Å². The van der Waals surface area contributed by atoms with Crippen LogP contribution in [0.2, 0.25) is 5.02 Å². The number of nitrogens with one attached hydrogen (secondary N) is 1. The topological polar surface area (TPSA) is 56.1 Å². The highest BCUT2D eigenvalue weighted by atomic mass is 35.5.